The Bertz CT molecular complexity index is 819. The summed E-state index contributed by atoms with van der Waals surface area (Å²) in [5.74, 6) is 0.194. The van der Waals surface area contributed by atoms with E-state index >= 15 is 0 Å². The fourth-order valence-electron chi connectivity index (χ4n) is 1.96. The van der Waals surface area contributed by atoms with Crippen LogP contribution in [0.2, 0.25) is 0 Å². The van der Waals surface area contributed by atoms with E-state index in [4.69, 9.17) is 4.74 Å². The molecule has 2 rings (SSSR count). The molecule has 0 aliphatic heterocycles. The second-order valence-corrected chi connectivity index (χ2v) is 6.82. The lowest BCUT2D eigenvalue weighted by Crippen LogP contribution is -2.45. The molecule has 0 spiro atoms. The first kappa shape index (κ1) is 17.7. The van der Waals surface area contributed by atoms with Gasteiger partial charge < -0.3 is 9.72 Å². The lowest BCUT2D eigenvalue weighted by molar-refractivity contribution is 0.228. The van der Waals surface area contributed by atoms with Crippen molar-refractivity contribution in [3.8, 4) is 5.88 Å². The van der Waals surface area contributed by atoms with Gasteiger partial charge in [-0.3, -0.25) is 5.32 Å². The first-order valence-corrected chi connectivity index (χ1v) is 8.44. The number of amides is 2. The van der Waals surface area contributed by atoms with Crippen molar-refractivity contribution in [3.63, 3.8) is 0 Å². The van der Waals surface area contributed by atoms with Crippen LogP contribution in [0.5, 0.6) is 5.88 Å². The maximum atomic E-state index is 12.6. The number of hydrogen-bond donors (Lipinski definition) is 2. The van der Waals surface area contributed by atoms with Crippen LogP contribution >= 0.6 is 0 Å². The van der Waals surface area contributed by atoms with Gasteiger partial charge in [0.05, 0.1) is 7.11 Å². The molecule has 24 heavy (non-hydrogen) atoms. The predicted octanol–water partition coefficient (Wildman–Crippen LogP) is 1.15. The number of nitrogens with one attached hydrogen (secondary N) is 2. The summed E-state index contributed by atoms with van der Waals surface area (Å²) in [5.41, 5.74) is 0.558. The molecule has 0 aliphatic carbocycles. The molecule has 0 saturated heterocycles. The first-order chi connectivity index (χ1) is 11.3. The smallest absolute Gasteiger partial charge is 0.338 e. The van der Waals surface area contributed by atoms with E-state index in [1.54, 1.807) is 26.8 Å². The number of aryl methyl sites for hydroxylation is 1. The minimum atomic E-state index is -4.13. The molecule has 0 atom stereocenters. The van der Waals surface area contributed by atoms with Crippen LogP contribution in [0.3, 0.4) is 0 Å². The molecule has 2 N–H and O–H groups in total. The molecule has 2 aromatic rings. The lowest BCUT2D eigenvalue weighted by Gasteiger charge is -2.24. The first-order valence-electron chi connectivity index (χ1n) is 7.00. The molecule has 0 unspecified atom stereocenters. The van der Waals surface area contributed by atoms with E-state index in [0.717, 1.165) is 0 Å². The van der Waals surface area contributed by atoms with Crippen LogP contribution in [0.4, 0.5) is 10.7 Å². The third kappa shape index (κ3) is 3.62. The average molecular weight is 354 g/mol. The number of rotatable bonds is 5. The zero-order chi connectivity index (χ0) is 17.9. The van der Waals surface area contributed by atoms with Crippen LogP contribution in [0, 0.1) is 6.92 Å². The summed E-state index contributed by atoms with van der Waals surface area (Å²) in [6.07, 6.45) is 2.65. The average Bonchev–Trinajstić information content (AvgIpc) is 3.00. The van der Waals surface area contributed by atoms with E-state index in [1.165, 1.54) is 19.5 Å². The van der Waals surface area contributed by atoms with Crippen molar-refractivity contribution >= 4 is 22.0 Å². The monoisotopic (exact) mass is 354 g/mol. The van der Waals surface area contributed by atoms with Crippen LogP contribution in [0.1, 0.15) is 19.5 Å². The molecule has 2 aromatic heterocycles. The molecule has 2 amide bonds. The molecule has 0 saturated carbocycles. The second-order valence-electron chi connectivity index (χ2n) is 5.09. The highest BCUT2D eigenvalue weighted by molar-refractivity contribution is 7.89. The van der Waals surface area contributed by atoms with E-state index in [-0.39, 0.29) is 17.0 Å². The minimum Gasteiger partial charge on any atom is -0.481 e. The molecule has 10 nitrogen and oxygen atoms in total. The van der Waals surface area contributed by atoms with Gasteiger partial charge in [0, 0.05) is 30.2 Å². The number of imidazole rings is 1. The van der Waals surface area contributed by atoms with Gasteiger partial charge in [-0.2, -0.15) is 13.4 Å². The number of anilines is 1. The third-order valence-corrected chi connectivity index (χ3v) is 4.72. The van der Waals surface area contributed by atoms with Gasteiger partial charge in [-0.05, 0) is 20.8 Å². The largest absolute Gasteiger partial charge is 0.481 e. The summed E-state index contributed by atoms with van der Waals surface area (Å²) >= 11 is 0. The quantitative estimate of drug-likeness (QED) is 0.823. The van der Waals surface area contributed by atoms with Crippen LogP contribution < -0.4 is 10.1 Å². The maximum Gasteiger partial charge on any atom is 0.338 e. The van der Waals surface area contributed by atoms with Gasteiger partial charge >= 0.3 is 16.1 Å². The Kier molecular flexibility index (Phi) is 5.02. The van der Waals surface area contributed by atoms with Gasteiger partial charge in [-0.15, -0.1) is 0 Å². The normalized spacial score (nSPS) is 11.4. The Hall–Kier alpha value is -2.69. The lowest BCUT2D eigenvalue weighted by atomic mass is 10.4. The molecule has 0 bridgehead atoms. The molecule has 0 aromatic carbocycles. The molecular weight excluding hydrogens is 336 g/mol. The SMILES string of the molecule is COc1cc(C)nc(NC(=O)N(C(C)C)S(=O)(=O)c2ncc[nH]2)n1. The van der Waals surface area contributed by atoms with Crippen molar-refractivity contribution in [1.82, 2.24) is 24.2 Å². The molecule has 0 fully saturated rings. The zero-order valence-electron chi connectivity index (χ0n) is 13.6. The third-order valence-electron chi connectivity index (χ3n) is 2.90. The summed E-state index contributed by atoms with van der Waals surface area (Å²) in [5, 5.41) is 2.05. The summed E-state index contributed by atoms with van der Waals surface area (Å²) in [7, 11) is -2.71. The Balaban J connectivity index is 2.33. The molecule has 11 heteroatoms. The summed E-state index contributed by atoms with van der Waals surface area (Å²) < 4.78 is 30.8. The van der Waals surface area contributed by atoms with E-state index in [1.807, 2.05) is 0 Å². The molecular formula is C13H18N6O4S. The summed E-state index contributed by atoms with van der Waals surface area (Å²) in [6.45, 7) is 4.83. The van der Waals surface area contributed by atoms with Crippen LogP contribution in [-0.4, -0.2) is 51.8 Å². The highest BCUT2D eigenvalue weighted by atomic mass is 32.2. The number of carbonyl (C=O) groups excluding carboxylic acids is 1. The number of H-pyrrole nitrogens is 1. The van der Waals surface area contributed by atoms with Gasteiger partial charge in [-0.25, -0.2) is 19.1 Å². The summed E-state index contributed by atoms with van der Waals surface area (Å²) in [4.78, 5) is 26.7. The van der Waals surface area contributed by atoms with Crippen LogP contribution in [0.15, 0.2) is 23.6 Å². The van der Waals surface area contributed by atoms with Crippen LogP contribution in [0.25, 0.3) is 0 Å². The second kappa shape index (κ2) is 6.83. The van der Waals surface area contributed by atoms with Gasteiger partial charge in [0.15, 0.2) is 0 Å². The number of aromatic nitrogens is 4. The maximum absolute atomic E-state index is 12.6. The van der Waals surface area contributed by atoms with E-state index < -0.39 is 22.1 Å². The minimum absolute atomic E-state index is 0.0582. The van der Waals surface area contributed by atoms with Gasteiger partial charge in [0.1, 0.15) is 0 Å². The number of ether oxygens (including phenoxy) is 1. The number of nitrogens with zero attached hydrogens (tertiary/aromatic N) is 4. The van der Waals surface area contributed by atoms with Crippen molar-refractivity contribution in [1.29, 1.82) is 0 Å². The van der Waals surface area contributed by atoms with Crippen molar-refractivity contribution in [2.45, 2.75) is 32.0 Å². The molecule has 2 heterocycles. The highest BCUT2D eigenvalue weighted by Gasteiger charge is 2.34. The topological polar surface area (TPSA) is 130 Å². The van der Waals surface area contributed by atoms with Crippen LogP contribution in [-0.2, 0) is 10.0 Å². The number of sulfonamides is 1. The Morgan fingerprint density at radius 3 is 2.62 bits per heavy atom. The van der Waals surface area contributed by atoms with Crippen molar-refractivity contribution in [2.75, 3.05) is 12.4 Å². The molecule has 130 valence electrons. The van der Waals surface area contributed by atoms with Gasteiger partial charge in [0.25, 0.3) is 0 Å². The zero-order valence-corrected chi connectivity index (χ0v) is 14.5. The van der Waals surface area contributed by atoms with Gasteiger partial charge in [-0.1, -0.05) is 0 Å². The number of aromatic amines is 1. The van der Waals surface area contributed by atoms with E-state index in [0.29, 0.717) is 10.00 Å². The van der Waals surface area contributed by atoms with Gasteiger partial charge in [0.2, 0.25) is 17.0 Å². The van der Waals surface area contributed by atoms with Crippen molar-refractivity contribution in [2.24, 2.45) is 0 Å². The predicted molar refractivity (Wildman–Crippen MR) is 85.1 cm³/mol. The Morgan fingerprint density at radius 2 is 2.08 bits per heavy atom. The standard InChI is InChI=1S/C13H18N6O4S/c1-8(2)19(24(21,22)12-14-5-6-15-12)13(20)18-11-16-9(3)7-10(17-11)23-4/h5-8H,1-4H3,(H,14,15)(H,16,17,18,20). The molecule has 0 aliphatic rings. The number of methoxy groups -OCH3 is 1. The number of urea groups is 1. The number of carbonyl (C=O) groups is 1. The fraction of sp³-hybridized carbons (Fsp3) is 0.385. The Morgan fingerprint density at radius 1 is 1.38 bits per heavy atom. The highest BCUT2D eigenvalue weighted by Crippen LogP contribution is 2.17. The summed E-state index contributed by atoms with van der Waals surface area (Å²) in [6, 6.07) is 0.0380. The molecule has 0 radical (unpaired) electrons. The van der Waals surface area contributed by atoms with Crippen molar-refractivity contribution < 1.29 is 17.9 Å². The Labute approximate surface area is 139 Å². The van der Waals surface area contributed by atoms with E-state index in [2.05, 4.69) is 25.3 Å². The number of hydrogen-bond acceptors (Lipinski definition) is 7. The fourth-order valence-corrected chi connectivity index (χ4v) is 3.37. The van der Waals surface area contributed by atoms with Crippen molar-refractivity contribution in [3.05, 3.63) is 24.2 Å². The van der Waals surface area contributed by atoms with E-state index in [9.17, 15) is 13.2 Å².